The van der Waals surface area contributed by atoms with Crippen LogP contribution in [0.2, 0.25) is 0 Å². The Morgan fingerprint density at radius 3 is 2.71 bits per heavy atom. The molecule has 1 saturated heterocycles. The molecule has 0 radical (unpaired) electrons. The van der Waals surface area contributed by atoms with Gasteiger partial charge in [-0.1, -0.05) is 18.7 Å². The van der Waals surface area contributed by atoms with Gasteiger partial charge < -0.3 is 24.8 Å². The first kappa shape index (κ1) is 21.0. The zero-order valence-electron chi connectivity index (χ0n) is 16.0. The van der Waals surface area contributed by atoms with Crippen molar-refractivity contribution < 1.29 is 34.4 Å². The maximum atomic E-state index is 12.4. The molecule has 1 heterocycles. The highest BCUT2D eigenvalue weighted by atomic mass is 35.5. The van der Waals surface area contributed by atoms with E-state index in [-0.39, 0.29) is 17.9 Å². The normalized spacial score (nSPS) is 43.0. The number of hydrogen-bond acceptors (Lipinski definition) is 7. The molecule has 2 fully saturated rings. The molecule has 7 nitrogen and oxygen atoms in total. The molecular weight excluding hydrogens is 388 g/mol. The van der Waals surface area contributed by atoms with Crippen molar-refractivity contribution in [2.75, 3.05) is 5.88 Å². The molecule has 28 heavy (non-hydrogen) atoms. The molecule has 3 aliphatic rings. The standard InChI is InChI=1S/C20H25ClO7/c1-5-9(2)17(23)27-13-7-19(25,8-21)15-12(22)6-10(3)20(15,26)16-14(13)11(4)18(24)28-16/h5-6,12-16,22,25-26H,4,7-8H2,1-3H3/b9-5+/t12-,13-,14-,15+,16+,19+,20-/m1/s1. The Morgan fingerprint density at radius 2 is 2.14 bits per heavy atom. The number of hydrogen-bond donors (Lipinski definition) is 3. The molecule has 7 atom stereocenters. The third-order valence-corrected chi connectivity index (χ3v) is 6.77. The van der Waals surface area contributed by atoms with Gasteiger partial charge in [0.2, 0.25) is 0 Å². The lowest BCUT2D eigenvalue weighted by Gasteiger charge is -2.43. The predicted octanol–water partition coefficient (Wildman–Crippen LogP) is 1.00. The van der Waals surface area contributed by atoms with E-state index in [2.05, 4.69) is 6.58 Å². The average Bonchev–Trinajstić information content (AvgIpc) is 3.04. The number of alkyl halides is 1. The van der Waals surface area contributed by atoms with Crippen LogP contribution < -0.4 is 0 Å². The van der Waals surface area contributed by atoms with Gasteiger partial charge in [-0.15, -0.1) is 11.6 Å². The molecule has 3 N–H and O–H groups in total. The summed E-state index contributed by atoms with van der Waals surface area (Å²) in [5.41, 5.74) is -2.92. The molecule has 154 valence electrons. The van der Waals surface area contributed by atoms with Gasteiger partial charge in [0.05, 0.1) is 29.4 Å². The largest absolute Gasteiger partial charge is 0.458 e. The number of fused-ring (bicyclic) bond motifs is 3. The Hall–Kier alpha value is -1.67. The molecule has 0 bridgehead atoms. The van der Waals surface area contributed by atoms with E-state index in [1.165, 1.54) is 6.08 Å². The van der Waals surface area contributed by atoms with E-state index >= 15 is 0 Å². The van der Waals surface area contributed by atoms with Crippen LogP contribution in [-0.4, -0.2) is 62.7 Å². The smallest absolute Gasteiger partial charge is 0.334 e. The van der Waals surface area contributed by atoms with Crippen molar-refractivity contribution in [1.29, 1.82) is 0 Å². The van der Waals surface area contributed by atoms with E-state index in [9.17, 15) is 24.9 Å². The molecule has 0 aromatic carbocycles. The van der Waals surface area contributed by atoms with Crippen LogP contribution in [0.1, 0.15) is 27.2 Å². The molecule has 1 saturated carbocycles. The minimum atomic E-state index is -1.88. The first-order valence-corrected chi connectivity index (χ1v) is 9.66. The van der Waals surface area contributed by atoms with Gasteiger partial charge in [-0.25, -0.2) is 9.59 Å². The highest BCUT2D eigenvalue weighted by Gasteiger charge is 2.69. The van der Waals surface area contributed by atoms with E-state index < -0.39 is 53.3 Å². The van der Waals surface area contributed by atoms with Crippen molar-refractivity contribution in [1.82, 2.24) is 0 Å². The highest BCUT2D eigenvalue weighted by molar-refractivity contribution is 6.18. The summed E-state index contributed by atoms with van der Waals surface area (Å²) in [6.07, 6.45) is -0.606. The summed E-state index contributed by atoms with van der Waals surface area (Å²) in [6, 6.07) is 0. The van der Waals surface area contributed by atoms with Crippen molar-refractivity contribution >= 4 is 23.5 Å². The highest BCUT2D eigenvalue weighted by Crippen LogP contribution is 2.55. The van der Waals surface area contributed by atoms with E-state index in [0.29, 0.717) is 11.1 Å². The fourth-order valence-corrected chi connectivity index (χ4v) is 4.96. The number of allylic oxidation sites excluding steroid dienone is 1. The number of carbonyl (C=O) groups is 2. The van der Waals surface area contributed by atoms with Gasteiger partial charge in [-0.3, -0.25) is 0 Å². The Bertz CT molecular complexity index is 787. The minimum Gasteiger partial charge on any atom is -0.458 e. The summed E-state index contributed by atoms with van der Waals surface area (Å²) < 4.78 is 11.0. The van der Waals surface area contributed by atoms with Crippen LogP contribution in [0.4, 0.5) is 0 Å². The number of ether oxygens (including phenoxy) is 2. The topological polar surface area (TPSA) is 113 Å². The molecule has 1 aliphatic heterocycles. The van der Waals surface area contributed by atoms with Gasteiger partial charge in [-0.2, -0.15) is 0 Å². The van der Waals surface area contributed by atoms with Gasteiger partial charge in [0.1, 0.15) is 17.8 Å². The summed E-state index contributed by atoms with van der Waals surface area (Å²) in [5, 5.41) is 33.5. The first-order chi connectivity index (χ1) is 13.0. The van der Waals surface area contributed by atoms with Crippen LogP contribution in [0.25, 0.3) is 0 Å². The monoisotopic (exact) mass is 412 g/mol. The van der Waals surface area contributed by atoms with Crippen LogP contribution in [-0.2, 0) is 19.1 Å². The average molecular weight is 413 g/mol. The number of esters is 2. The van der Waals surface area contributed by atoms with Gasteiger partial charge in [0, 0.05) is 17.6 Å². The van der Waals surface area contributed by atoms with Gasteiger partial charge >= 0.3 is 11.9 Å². The zero-order chi connectivity index (χ0) is 21.0. The van der Waals surface area contributed by atoms with Crippen molar-refractivity contribution in [2.24, 2.45) is 11.8 Å². The Morgan fingerprint density at radius 1 is 1.50 bits per heavy atom. The summed E-state index contributed by atoms with van der Waals surface area (Å²) in [4.78, 5) is 24.7. The van der Waals surface area contributed by atoms with Crippen LogP contribution in [0.15, 0.2) is 35.5 Å². The van der Waals surface area contributed by atoms with Crippen LogP contribution in [0, 0.1) is 11.8 Å². The summed E-state index contributed by atoms with van der Waals surface area (Å²) in [5.74, 6) is -3.71. The lowest BCUT2D eigenvalue weighted by Crippen LogP contribution is -2.59. The number of carbonyl (C=O) groups excluding carboxylic acids is 2. The van der Waals surface area contributed by atoms with Crippen molar-refractivity contribution in [2.45, 2.75) is 56.7 Å². The SMILES string of the molecule is C=C1C(=O)O[C@H]2[C@H]1[C@H](OC(=O)/C(C)=C/C)C[C@](O)(CCl)[C@@H]1[C@H](O)C=C(C)[C@]21O. The van der Waals surface area contributed by atoms with Crippen molar-refractivity contribution in [3.8, 4) is 0 Å². The second-order valence-corrected chi connectivity index (χ2v) is 8.14. The van der Waals surface area contributed by atoms with Crippen molar-refractivity contribution in [3.63, 3.8) is 0 Å². The predicted molar refractivity (Wildman–Crippen MR) is 100 cm³/mol. The fourth-order valence-electron chi connectivity index (χ4n) is 4.69. The minimum absolute atomic E-state index is 0.0427. The third kappa shape index (κ3) is 2.84. The van der Waals surface area contributed by atoms with Crippen LogP contribution in [0.5, 0.6) is 0 Å². The second-order valence-electron chi connectivity index (χ2n) is 7.88. The van der Waals surface area contributed by atoms with Gasteiger partial charge in [-0.05, 0) is 26.3 Å². The number of aliphatic hydroxyl groups is 3. The lowest BCUT2D eigenvalue weighted by atomic mass is 9.71. The molecule has 0 amide bonds. The van der Waals surface area contributed by atoms with Crippen LogP contribution >= 0.6 is 11.6 Å². The Kier molecular flexibility index (Phi) is 5.25. The summed E-state index contributed by atoms with van der Waals surface area (Å²) >= 11 is 6.07. The third-order valence-electron chi connectivity index (χ3n) is 6.31. The molecule has 3 rings (SSSR count). The fraction of sp³-hybridized carbons (Fsp3) is 0.600. The maximum Gasteiger partial charge on any atom is 0.334 e. The quantitative estimate of drug-likeness (QED) is 0.274. The molecule has 2 aliphatic carbocycles. The van der Waals surface area contributed by atoms with E-state index in [0.717, 1.165) is 0 Å². The first-order valence-electron chi connectivity index (χ1n) is 9.12. The molecule has 8 heteroatoms. The molecular formula is C20H25ClO7. The summed E-state index contributed by atoms with van der Waals surface area (Å²) in [6.45, 7) is 8.60. The Balaban J connectivity index is 2.14. The molecule has 0 spiro atoms. The van der Waals surface area contributed by atoms with Crippen LogP contribution in [0.3, 0.4) is 0 Å². The maximum absolute atomic E-state index is 12.4. The van der Waals surface area contributed by atoms with Crippen molar-refractivity contribution in [3.05, 3.63) is 35.5 Å². The zero-order valence-corrected chi connectivity index (χ0v) is 16.8. The lowest BCUT2D eigenvalue weighted by molar-refractivity contribution is -0.173. The second kappa shape index (κ2) is 6.99. The molecule has 0 unspecified atom stereocenters. The summed E-state index contributed by atoms with van der Waals surface area (Å²) in [7, 11) is 0. The number of rotatable bonds is 3. The molecule has 0 aromatic heterocycles. The number of aliphatic hydroxyl groups excluding tert-OH is 1. The Labute approximate surface area is 168 Å². The van der Waals surface area contributed by atoms with Gasteiger partial charge in [0.25, 0.3) is 0 Å². The van der Waals surface area contributed by atoms with E-state index in [4.69, 9.17) is 21.1 Å². The van der Waals surface area contributed by atoms with Gasteiger partial charge in [0.15, 0.2) is 0 Å². The van der Waals surface area contributed by atoms with E-state index in [1.54, 1.807) is 26.8 Å². The van der Waals surface area contributed by atoms with E-state index in [1.807, 2.05) is 0 Å². The molecule has 0 aromatic rings. The number of halogens is 1.